The van der Waals surface area contributed by atoms with Gasteiger partial charge < -0.3 is 15.5 Å². The van der Waals surface area contributed by atoms with Gasteiger partial charge in [-0.1, -0.05) is 12.1 Å². The molecule has 2 aromatic carbocycles. The van der Waals surface area contributed by atoms with Crippen molar-refractivity contribution in [2.75, 3.05) is 29.6 Å². The Labute approximate surface area is 168 Å². The zero-order valence-corrected chi connectivity index (χ0v) is 17.1. The number of hydrogen-bond acceptors (Lipinski definition) is 5. The highest BCUT2D eigenvalue weighted by molar-refractivity contribution is 7.15. The first kappa shape index (κ1) is 19.6. The summed E-state index contributed by atoms with van der Waals surface area (Å²) >= 11 is 1.45. The molecule has 144 valence electrons. The summed E-state index contributed by atoms with van der Waals surface area (Å²) in [5.41, 5.74) is 3.74. The standard InChI is InChI=1S/C21H22N4O2S/c1-13-19(20(27)23-16-8-10-18(11-9-16)25(3)4)24-21(28-13)15-6-5-7-17(12-15)22-14(2)26/h5-12H,1-4H3,(H,22,26)(H,23,27). The normalized spacial score (nSPS) is 10.4. The molecule has 6 nitrogen and oxygen atoms in total. The third-order valence-corrected chi connectivity index (χ3v) is 5.10. The van der Waals surface area contributed by atoms with Crippen LogP contribution in [-0.2, 0) is 4.79 Å². The van der Waals surface area contributed by atoms with E-state index in [-0.39, 0.29) is 11.8 Å². The molecule has 0 unspecified atom stereocenters. The molecule has 0 spiro atoms. The van der Waals surface area contributed by atoms with E-state index in [9.17, 15) is 9.59 Å². The second kappa shape index (κ2) is 8.22. The highest BCUT2D eigenvalue weighted by Gasteiger charge is 2.17. The van der Waals surface area contributed by atoms with Gasteiger partial charge in [-0.3, -0.25) is 9.59 Å². The number of aromatic nitrogens is 1. The first-order chi connectivity index (χ1) is 13.3. The third kappa shape index (κ3) is 4.55. The number of aryl methyl sites for hydroxylation is 1. The number of hydrogen-bond donors (Lipinski definition) is 2. The van der Waals surface area contributed by atoms with Gasteiger partial charge in [-0.25, -0.2) is 4.98 Å². The molecule has 0 saturated carbocycles. The fourth-order valence-corrected chi connectivity index (χ4v) is 3.60. The summed E-state index contributed by atoms with van der Waals surface area (Å²) in [6.45, 7) is 3.34. The summed E-state index contributed by atoms with van der Waals surface area (Å²) < 4.78 is 0. The van der Waals surface area contributed by atoms with E-state index in [1.165, 1.54) is 18.3 Å². The van der Waals surface area contributed by atoms with Crippen LogP contribution in [0.25, 0.3) is 10.6 Å². The van der Waals surface area contributed by atoms with Crippen LogP contribution < -0.4 is 15.5 Å². The van der Waals surface area contributed by atoms with Crippen LogP contribution in [0.2, 0.25) is 0 Å². The first-order valence-electron chi connectivity index (χ1n) is 8.77. The lowest BCUT2D eigenvalue weighted by Gasteiger charge is -2.12. The molecule has 0 saturated heterocycles. The Kier molecular flexibility index (Phi) is 5.75. The van der Waals surface area contributed by atoms with Crippen molar-refractivity contribution in [2.45, 2.75) is 13.8 Å². The molecular weight excluding hydrogens is 372 g/mol. The molecule has 7 heteroatoms. The van der Waals surface area contributed by atoms with Crippen LogP contribution in [0, 0.1) is 6.92 Å². The lowest BCUT2D eigenvalue weighted by molar-refractivity contribution is -0.114. The van der Waals surface area contributed by atoms with Crippen LogP contribution in [0.3, 0.4) is 0 Å². The number of rotatable bonds is 5. The van der Waals surface area contributed by atoms with Crippen molar-refractivity contribution >= 4 is 40.2 Å². The number of benzene rings is 2. The number of anilines is 3. The van der Waals surface area contributed by atoms with Crippen LogP contribution in [0.15, 0.2) is 48.5 Å². The Morgan fingerprint density at radius 3 is 2.36 bits per heavy atom. The van der Waals surface area contributed by atoms with Crippen molar-refractivity contribution in [3.05, 3.63) is 59.1 Å². The Morgan fingerprint density at radius 1 is 1.00 bits per heavy atom. The molecule has 0 aliphatic rings. The van der Waals surface area contributed by atoms with E-state index < -0.39 is 0 Å². The molecule has 0 aliphatic heterocycles. The second-order valence-corrected chi connectivity index (χ2v) is 7.78. The van der Waals surface area contributed by atoms with Crippen molar-refractivity contribution in [2.24, 2.45) is 0 Å². The van der Waals surface area contributed by atoms with Crippen LogP contribution in [0.4, 0.5) is 17.1 Å². The molecule has 1 heterocycles. The number of amides is 2. The monoisotopic (exact) mass is 394 g/mol. The minimum absolute atomic E-state index is 0.132. The predicted molar refractivity (Wildman–Crippen MR) is 115 cm³/mol. The third-order valence-electron chi connectivity index (χ3n) is 4.08. The fourth-order valence-electron chi connectivity index (χ4n) is 2.70. The largest absolute Gasteiger partial charge is 0.378 e. The molecule has 0 radical (unpaired) electrons. The van der Waals surface area contributed by atoms with Crippen molar-refractivity contribution < 1.29 is 9.59 Å². The Morgan fingerprint density at radius 2 is 1.71 bits per heavy atom. The lowest BCUT2D eigenvalue weighted by Crippen LogP contribution is -2.14. The van der Waals surface area contributed by atoms with Crippen molar-refractivity contribution in [3.63, 3.8) is 0 Å². The number of nitrogens with zero attached hydrogens (tertiary/aromatic N) is 2. The molecule has 28 heavy (non-hydrogen) atoms. The summed E-state index contributed by atoms with van der Waals surface area (Å²) in [7, 11) is 3.93. The average molecular weight is 395 g/mol. The zero-order chi connectivity index (χ0) is 20.3. The van der Waals surface area contributed by atoms with E-state index in [0.717, 1.165) is 26.8 Å². The Bertz CT molecular complexity index is 1010. The average Bonchev–Trinajstić information content (AvgIpc) is 3.04. The van der Waals surface area contributed by atoms with E-state index >= 15 is 0 Å². The summed E-state index contributed by atoms with van der Waals surface area (Å²) in [5, 5.41) is 6.39. The van der Waals surface area contributed by atoms with Crippen LogP contribution in [0.5, 0.6) is 0 Å². The molecule has 0 fully saturated rings. The van der Waals surface area contributed by atoms with Gasteiger partial charge in [0.05, 0.1) is 0 Å². The van der Waals surface area contributed by atoms with Crippen LogP contribution in [0.1, 0.15) is 22.3 Å². The molecule has 2 amide bonds. The van der Waals surface area contributed by atoms with Crippen molar-refractivity contribution in [1.29, 1.82) is 0 Å². The van der Waals surface area contributed by atoms with Crippen molar-refractivity contribution in [1.82, 2.24) is 4.98 Å². The van der Waals surface area contributed by atoms with Crippen molar-refractivity contribution in [3.8, 4) is 10.6 Å². The minimum atomic E-state index is -0.240. The molecule has 2 N–H and O–H groups in total. The second-order valence-electron chi connectivity index (χ2n) is 6.58. The van der Waals surface area contributed by atoms with Gasteiger partial charge in [0.1, 0.15) is 10.7 Å². The summed E-state index contributed by atoms with van der Waals surface area (Å²) in [6, 6.07) is 15.1. The molecule has 0 atom stereocenters. The van der Waals surface area contributed by atoms with Gasteiger partial charge in [0.15, 0.2) is 0 Å². The van der Waals surface area contributed by atoms with E-state index in [4.69, 9.17) is 0 Å². The SMILES string of the molecule is CC(=O)Nc1cccc(-c2nc(C(=O)Nc3ccc(N(C)C)cc3)c(C)s2)c1. The first-order valence-corrected chi connectivity index (χ1v) is 9.59. The maximum atomic E-state index is 12.7. The van der Waals surface area contributed by atoms with Gasteiger partial charge in [0, 0.05) is 48.5 Å². The summed E-state index contributed by atoms with van der Waals surface area (Å²) in [5.74, 6) is -0.372. The fraction of sp³-hybridized carbons (Fsp3) is 0.190. The minimum Gasteiger partial charge on any atom is -0.378 e. The maximum Gasteiger partial charge on any atom is 0.275 e. The predicted octanol–water partition coefficient (Wildman–Crippen LogP) is 4.40. The molecule has 0 bridgehead atoms. The lowest BCUT2D eigenvalue weighted by atomic mass is 10.2. The smallest absolute Gasteiger partial charge is 0.275 e. The highest BCUT2D eigenvalue weighted by atomic mass is 32.1. The van der Waals surface area contributed by atoms with Crippen LogP contribution in [-0.4, -0.2) is 30.9 Å². The Balaban J connectivity index is 1.80. The molecule has 3 rings (SSSR count). The molecule has 3 aromatic rings. The summed E-state index contributed by atoms with van der Waals surface area (Å²) in [4.78, 5) is 31.3. The number of carbonyl (C=O) groups is 2. The molecular formula is C21H22N4O2S. The van der Waals surface area contributed by atoms with Gasteiger partial charge in [-0.05, 0) is 43.3 Å². The quantitative estimate of drug-likeness (QED) is 0.673. The van der Waals surface area contributed by atoms with Crippen LogP contribution >= 0.6 is 11.3 Å². The van der Waals surface area contributed by atoms with Gasteiger partial charge in [0.2, 0.25) is 5.91 Å². The highest BCUT2D eigenvalue weighted by Crippen LogP contribution is 2.30. The topological polar surface area (TPSA) is 74.3 Å². The number of carbonyl (C=O) groups excluding carboxylic acids is 2. The number of thiazole rings is 1. The Hall–Kier alpha value is -3.19. The zero-order valence-electron chi connectivity index (χ0n) is 16.2. The maximum absolute atomic E-state index is 12.7. The van der Waals surface area contributed by atoms with E-state index in [1.807, 2.05) is 74.4 Å². The van der Waals surface area contributed by atoms with Gasteiger partial charge in [-0.2, -0.15) is 0 Å². The summed E-state index contributed by atoms with van der Waals surface area (Å²) in [6.07, 6.45) is 0. The van der Waals surface area contributed by atoms with Gasteiger partial charge >= 0.3 is 0 Å². The van der Waals surface area contributed by atoms with E-state index in [1.54, 1.807) is 0 Å². The molecule has 0 aliphatic carbocycles. The van der Waals surface area contributed by atoms with E-state index in [0.29, 0.717) is 11.4 Å². The van der Waals surface area contributed by atoms with Gasteiger partial charge in [-0.15, -0.1) is 11.3 Å². The van der Waals surface area contributed by atoms with Gasteiger partial charge in [0.25, 0.3) is 5.91 Å². The molecule has 1 aromatic heterocycles. The van der Waals surface area contributed by atoms with E-state index in [2.05, 4.69) is 15.6 Å². The number of nitrogens with one attached hydrogen (secondary N) is 2.